The Hall–Kier alpha value is -1.93. The smallest absolute Gasteiger partial charge is 0.399 e. The van der Waals surface area contributed by atoms with E-state index in [1.807, 2.05) is 6.07 Å². The summed E-state index contributed by atoms with van der Waals surface area (Å²) in [7, 11) is 1.50. The Morgan fingerprint density at radius 3 is 2.11 bits per heavy atom. The zero-order chi connectivity index (χ0) is 21.0. The van der Waals surface area contributed by atoms with Crippen LogP contribution in [0.4, 0.5) is 18.9 Å². The molecule has 0 saturated heterocycles. The third kappa shape index (κ3) is 8.53. The molecule has 1 aromatic carbocycles. The van der Waals surface area contributed by atoms with E-state index in [1.54, 1.807) is 0 Å². The maximum Gasteiger partial charge on any atom is 0.450 e. The minimum Gasteiger partial charge on any atom is -0.399 e. The number of hydrogen-bond acceptors (Lipinski definition) is 4. The Kier molecular flexibility index (Phi) is 11.6. The highest BCUT2D eigenvalue weighted by Gasteiger charge is 2.33. The van der Waals surface area contributed by atoms with Gasteiger partial charge in [0.05, 0.1) is 0 Å². The number of amidine groups is 1. The summed E-state index contributed by atoms with van der Waals surface area (Å²) >= 11 is 0. The number of rotatable bonds is 3. The van der Waals surface area contributed by atoms with Crippen LogP contribution in [-0.2, 0) is 12.8 Å². The monoisotopic (exact) mass is 387 g/mol. The van der Waals surface area contributed by atoms with Gasteiger partial charge in [0.15, 0.2) is 0 Å². The highest BCUT2D eigenvalue weighted by atomic mass is 19.4. The summed E-state index contributed by atoms with van der Waals surface area (Å²) in [5.41, 5.74) is 14.3. The Balaban J connectivity index is 0.000000574. The van der Waals surface area contributed by atoms with Crippen molar-refractivity contribution in [3.05, 3.63) is 29.3 Å². The number of halogens is 3. The molecule has 0 amide bonds. The van der Waals surface area contributed by atoms with Crippen LogP contribution in [0, 0.1) is 5.41 Å². The van der Waals surface area contributed by atoms with Gasteiger partial charge in [0.25, 0.3) is 0 Å². The van der Waals surface area contributed by atoms with Gasteiger partial charge in [-0.25, -0.2) is 4.99 Å². The number of nitrogens with zero attached hydrogens (tertiary/aromatic N) is 2. The average molecular weight is 387 g/mol. The van der Waals surface area contributed by atoms with Crippen molar-refractivity contribution in [3.8, 4) is 0 Å². The van der Waals surface area contributed by atoms with Crippen LogP contribution in [-0.4, -0.2) is 49.8 Å². The van der Waals surface area contributed by atoms with Gasteiger partial charge in [0.1, 0.15) is 0 Å². The largest absolute Gasteiger partial charge is 0.450 e. The quantitative estimate of drug-likeness (QED) is 0.320. The molecule has 1 atom stereocenters. The highest BCUT2D eigenvalue weighted by molar-refractivity contribution is 5.88. The molecule has 1 unspecified atom stereocenters. The Labute approximate surface area is 160 Å². The molecule has 1 aliphatic carbocycles. The van der Waals surface area contributed by atoms with E-state index in [1.165, 1.54) is 56.9 Å². The number of alkyl halides is 3. The molecule has 1 aromatic rings. The Morgan fingerprint density at radius 2 is 1.70 bits per heavy atom. The van der Waals surface area contributed by atoms with Crippen LogP contribution in [0.5, 0.6) is 0 Å². The van der Waals surface area contributed by atoms with Gasteiger partial charge >= 0.3 is 6.18 Å². The van der Waals surface area contributed by atoms with E-state index in [9.17, 15) is 13.2 Å². The minimum atomic E-state index is -4.64. The lowest BCUT2D eigenvalue weighted by Crippen LogP contribution is -2.35. The molecule has 2 rings (SSSR count). The second-order valence-electron chi connectivity index (χ2n) is 5.99. The second-order valence-corrected chi connectivity index (χ2v) is 5.99. The standard InChI is InChI=1S/C15H24N2.C3H3F3N2.CH5N/c1-3-17(4-2)15-9-6-12-5-8-14(16)11-13(12)7-10-15;1-8-2(7)3(4,5)6;1-2/h5,8,11,15H,3-4,6-7,9-10,16H2,1-2H3;7H,1H2;2H2,1H3. The lowest BCUT2D eigenvalue weighted by molar-refractivity contribution is -0.0603. The molecule has 154 valence electrons. The molecule has 0 aliphatic heterocycles. The van der Waals surface area contributed by atoms with E-state index >= 15 is 0 Å². The maximum atomic E-state index is 11.1. The first kappa shape index (κ1) is 25.1. The SMILES string of the molecule is C=NC(=N)C(F)(F)F.CCN(CC)C1CCc2ccc(N)cc2CC1.CN. The van der Waals surface area contributed by atoms with E-state index in [0.717, 1.165) is 11.7 Å². The predicted octanol–water partition coefficient (Wildman–Crippen LogP) is 3.66. The number of aryl methyl sites for hydroxylation is 2. The summed E-state index contributed by atoms with van der Waals surface area (Å²) in [6.45, 7) is 9.39. The molecule has 0 bridgehead atoms. The average Bonchev–Trinajstić information content (AvgIpc) is 2.86. The lowest BCUT2D eigenvalue weighted by Gasteiger charge is -2.28. The van der Waals surface area contributed by atoms with Crippen LogP contribution in [0.25, 0.3) is 0 Å². The van der Waals surface area contributed by atoms with E-state index in [-0.39, 0.29) is 0 Å². The fourth-order valence-electron chi connectivity index (χ4n) is 3.11. The molecule has 0 fully saturated rings. The zero-order valence-corrected chi connectivity index (χ0v) is 16.4. The van der Waals surface area contributed by atoms with Crippen LogP contribution < -0.4 is 11.5 Å². The molecular weight excluding hydrogens is 355 g/mol. The van der Waals surface area contributed by atoms with Gasteiger partial charge in [-0.1, -0.05) is 19.9 Å². The number of anilines is 1. The topological polar surface area (TPSA) is 91.5 Å². The van der Waals surface area contributed by atoms with Crippen molar-refractivity contribution in [2.45, 2.75) is 51.7 Å². The lowest BCUT2D eigenvalue weighted by atomic mass is 10.0. The van der Waals surface area contributed by atoms with Crippen molar-refractivity contribution < 1.29 is 13.2 Å². The molecule has 1 aliphatic rings. The summed E-state index contributed by atoms with van der Waals surface area (Å²) < 4.78 is 33.3. The molecule has 0 radical (unpaired) electrons. The van der Waals surface area contributed by atoms with Crippen molar-refractivity contribution in [2.75, 3.05) is 25.9 Å². The first-order valence-electron chi connectivity index (χ1n) is 9.04. The minimum absolute atomic E-state index is 0.749. The summed E-state index contributed by atoms with van der Waals surface area (Å²) in [5.74, 6) is -1.66. The Bertz CT molecular complexity index is 583. The number of fused-ring (bicyclic) bond motifs is 1. The summed E-state index contributed by atoms with van der Waals surface area (Å²) in [6.07, 6.45) is 0.316. The normalized spacial score (nSPS) is 16.1. The van der Waals surface area contributed by atoms with Crippen LogP contribution in [0.15, 0.2) is 23.2 Å². The van der Waals surface area contributed by atoms with Crippen LogP contribution >= 0.6 is 0 Å². The van der Waals surface area contributed by atoms with Crippen LogP contribution in [0.2, 0.25) is 0 Å². The summed E-state index contributed by atoms with van der Waals surface area (Å²) in [5, 5.41) is 6.03. The van der Waals surface area contributed by atoms with Crippen LogP contribution in [0.3, 0.4) is 0 Å². The predicted molar refractivity (Wildman–Crippen MR) is 108 cm³/mol. The van der Waals surface area contributed by atoms with Gasteiger partial charge in [0.2, 0.25) is 5.84 Å². The van der Waals surface area contributed by atoms with Crippen molar-refractivity contribution in [1.82, 2.24) is 4.90 Å². The number of aliphatic imine (C=N–C) groups is 1. The van der Waals surface area contributed by atoms with Crippen LogP contribution in [0.1, 0.15) is 37.8 Å². The maximum absolute atomic E-state index is 11.1. The molecule has 27 heavy (non-hydrogen) atoms. The third-order valence-corrected chi connectivity index (χ3v) is 4.48. The van der Waals surface area contributed by atoms with E-state index < -0.39 is 12.0 Å². The van der Waals surface area contributed by atoms with E-state index in [4.69, 9.17) is 11.1 Å². The summed E-state index contributed by atoms with van der Waals surface area (Å²) in [4.78, 5) is 4.96. The molecule has 8 heteroatoms. The molecule has 0 heterocycles. The molecule has 0 saturated carbocycles. The molecule has 0 spiro atoms. The second kappa shape index (κ2) is 12.5. The van der Waals surface area contributed by atoms with Crippen molar-refractivity contribution in [1.29, 1.82) is 5.41 Å². The third-order valence-electron chi connectivity index (χ3n) is 4.48. The molecular formula is C19H32F3N5. The molecule has 5 nitrogen and oxygen atoms in total. The zero-order valence-electron chi connectivity index (χ0n) is 16.4. The van der Waals surface area contributed by atoms with Gasteiger partial charge in [0, 0.05) is 11.7 Å². The molecule has 0 aromatic heterocycles. The van der Waals surface area contributed by atoms with Gasteiger partial charge in [-0.2, -0.15) is 13.2 Å². The number of nitrogens with one attached hydrogen (secondary N) is 1. The Morgan fingerprint density at radius 1 is 1.19 bits per heavy atom. The first-order valence-corrected chi connectivity index (χ1v) is 9.04. The van der Waals surface area contributed by atoms with Crippen molar-refractivity contribution in [3.63, 3.8) is 0 Å². The highest BCUT2D eigenvalue weighted by Crippen LogP contribution is 2.25. The number of nitrogen functional groups attached to an aromatic ring is 1. The number of hydrogen-bond donors (Lipinski definition) is 3. The van der Waals surface area contributed by atoms with Gasteiger partial charge in [-0.15, -0.1) is 0 Å². The van der Waals surface area contributed by atoms with E-state index in [0.29, 0.717) is 0 Å². The van der Waals surface area contributed by atoms with Crippen molar-refractivity contribution in [2.24, 2.45) is 10.7 Å². The number of nitrogens with two attached hydrogens (primary N) is 2. The summed E-state index contributed by atoms with van der Waals surface area (Å²) in [6, 6.07) is 7.17. The number of benzene rings is 1. The molecule has 5 N–H and O–H groups in total. The van der Waals surface area contributed by atoms with Gasteiger partial charge < -0.3 is 16.4 Å². The fourth-order valence-corrected chi connectivity index (χ4v) is 3.11. The van der Waals surface area contributed by atoms with Crippen molar-refractivity contribution >= 4 is 18.2 Å². The van der Waals surface area contributed by atoms with E-state index in [2.05, 4.69) is 48.3 Å². The first-order chi connectivity index (χ1) is 12.7. The van der Waals surface area contributed by atoms with Gasteiger partial charge in [-0.05, 0) is 75.8 Å². The fraction of sp³-hybridized carbons (Fsp3) is 0.579. The van der Waals surface area contributed by atoms with Gasteiger partial charge in [-0.3, -0.25) is 5.41 Å².